The van der Waals surface area contributed by atoms with Gasteiger partial charge in [0.2, 0.25) is 0 Å². The van der Waals surface area contributed by atoms with Crippen molar-refractivity contribution in [1.82, 2.24) is 0 Å². The van der Waals surface area contributed by atoms with Gasteiger partial charge in [-0.25, -0.2) is 0 Å². The van der Waals surface area contributed by atoms with Gasteiger partial charge in [-0.15, -0.1) is 0 Å². The average molecular weight is 447 g/mol. The number of hydrogen-bond acceptors (Lipinski definition) is 2. The van der Waals surface area contributed by atoms with Crippen LogP contribution in [0.1, 0.15) is 98.6 Å². The Morgan fingerprint density at radius 1 is 0.970 bits per heavy atom. The topological polar surface area (TPSA) is 57.5 Å². The van der Waals surface area contributed by atoms with E-state index in [0.29, 0.717) is 6.42 Å². The summed E-state index contributed by atoms with van der Waals surface area (Å²) in [4.78, 5) is 11.0. The molecule has 0 radical (unpaired) electrons. The van der Waals surface area contributed by atoms with Crippen molar-refractivity contribution in [3.05, 3.63) is 69.8 Å². The number of benzene rings is 2. The molecule has 1 saturated carbocycles. The van der Waals surface area contributed by atoms with Crippen LogP contribution < -0.4 is 0 Å². The van der Waals surface area contributed by atoms with Gasteiger partial charge in [-0.05, 0) is 92.7 Å². The molecule has 0 saturated heterocycles. The first kappa shape index (κ1) is 25.1. The third-order valence-electron chi connectivity index (χ3n) is 7.60. The number of carbonyl (C=O) groups is 1. The standard InChI is InChI=1S/C30H38O3/c1-5-30(6-2,26-13-10-24(22(3)20-26)12-15-28(31)32)27-14-11-25(23(4)21-27)16-19-29(33)17-8-7-9-18-29/h10-11,13-14,20-21,33H,5-9,12,15,17-18H2,1-4H3,(H,31,32). The van der Waals surface area contributed by atoms with Crippen molar-refractivity contribution < 1.29 is 15.0 Å². The molecule has 0 aliphatic heterocycles. The van der Waals surface area contributed by atoms with Gasteiger partial charge in [-0.3, -0.25) is 4.79 Å². The minimum atomic E-state index is -0.833. The number of carboxylic acids is 1. The number of rotatable bonds is 7. The first-order valence-electron chi connectivity index (χ1n) is 12.4. The quantitative estimate of drug-likeness (QED) is 0.479. The molecule has 0 heterocycles. The highest BCUT2D eigenvalue weighted by Gasteiger charge is 2.31. The van der Waals surface area contributed by atoms with Crippen LogP contribution in [0.5, 0.6) is 0 Å². The summed E-state index contributed by atoms with van der Waals surface area (Å²) in [6.07, 6.45) is 7.49. The molecular weight excluding hydrogens is 408 g/mol. The molecule has 0 spiro atoms. The van der Waals surface area contributed by atoms with Crippen molar-refractivity contribution in [2.24, 2.45) is 0 Å². The summed E-state index contributed by atoms with van der Waals surface area (Å²) in [5, 5.41) is 19.8. The summed E-state index contributed by atoms with van der Waals surface area (Å²) >= 11 is 0. The molecular formula is C30H38O3. The first-order chi connectivity index (χ1) is 15.7. The Kier molecular flexibility index (Phi) is 8.03. The zero-order valence-electron chi connectivity index (χ0n) is 20.6. The Morgan fingerprint density at radius 2 is 1.58 bits per heavy atom. The van der Waals surface area contributed by atoms with Gasteiger partial charge in [0.25, 0.3) is 0 Å². The summed E-state index contributed by atoms with van der Waals surface area (Å²) in [5.74, 6) is 5.68. The predicted octanol–water partition coefficient (Wildman–Crippen LogP) is 6.47. The van der Waals surface area contributed by atoms with Gasteiger partial charge in [0.05, 0.1) is 0 Å². The van der Waals surface area contributed by atoms with E-state index in [1.165, 1.54) is 17.5 Å². The van der Waals surface area contributed by atoms with E-state index in [2.05, 4.69) is 75.9 Å². The van der Waals surface area contributed by atoms with Crippen molar-refractivity contribution in [2.45, 2.75) is 96.5 Å². The number of aryl methyl sites for hydroxylation is 3. The summed E-state index contributed by atoms with van der Waals surface area (Å²) < 4.78 is 0. The van der Waals surface area contributed by atoms with Gasteiger partial charge in [0.15, 0.2) is 0 Å². The van der Waals surface area contributed by atoms with Crippen LogP contribution in [0.4, 0.5) is 0 Å². The second-order valence-corrected chi connectivity index (χ2v) is 9.70. The molecule has 0 bridgehead atoms. The van der Waals surface area contributed by atoms with Gasteiger partial charge < -0.3 is 10.2 Å². The first-order valence-corrected chi connectivity index (χ1v) is 12.4. The molecule has 1 aliphatic carbocycles. The highest BCUT2D eigenvalue weighted by Crippen LogP contribution is 2.40. The maximum atomic E-state index is 11.0. The monoisotopic (exact) mass is 446 g/mol. The van der Waals surface area contributed by atoms with E-state index in [-0.39, 0.29) is 11.8 Å². The van der Waals surface area contributed by atoms with Gasteiger partial charge in [0, 0.05) is 17.4 Å². The summed E-state index contributed by atoms with van der Waals surface area (Å²) in [7, 11) is 0. The van der Waals surface area contributed by atoms with E-state index in [0.717, 1.165) is 60.8 Å². The molecule has 2 N–H and O–H groups in total. The Labute approximate surface area is 199 Å². The van der Waals surface area contributed by atoms with Crippen LogP contribution in [0.2, 0.25) is 0 Å². The second-order valence-electron chi connectivity index (χ2n) is 9.70. The van der Waals surface area contributed by atoms with E-state index in [9.17, 15) is 9.90 Å². The Hall–Kier alpha value is -2.57. The van der Waals surface area contributed by atoms with Crippen LogP contribution in [-0.4, -0.2) is 21.8 Å². The van der Waals surface area contributed by atoms with Gasteiger partial charge in [-0.2, -0.15) is 0 Å². The maximum Gasteiger partial charge on any atom is 0.303 e. The molecule has 176 valence electrons. The Balaban J connectivity index is 1.92. The van der Waals surface area contributed by atoms with Crippen molar-refractivity contribution in [3.63, 3.8) is 0 Å². The SMILES string of the molecule is CCC(CC)(c1ccc(C#CC2(O)CCCCC2)c(C)c1)c1ccc(CCC(=O)O)c(C)c1. The minimum absolute atomic E-state index is 0.103. The second kappa shape index (κ2) is 10.6. The van der Waals surface area contributed by atoms with E-state index >= 15 is 0 Å². The number of hydrogen-bond donors (Lipinski definition) is 2. The molecule has 33 heavy (non-hydrogen) atoms. The number of aliphatic carboxylic acids is 1. The van der Waals surface area contributed by atoms with E-state index < -0.39 is 11.6 Å². The van der Waals surface area contributed by atoms with E-state index in [4.69, 9.17) is 5.11 Å². The maximum absolute atomic E-state index is 11.0. The molecule has 1 aliphatic rings. The molecule has 3 heteroatoms. The van der Waals surface area contributed by atoms with Crippen molar-refractivity contribution in [3.8, 4) is 11.8 Å². The van der Waals surface area contributed by atoms with Crippen molar-refractivity contribution >= 4 is 5.97 Å². The van der Waals surface area contributed by atoms with E-state index in [1.807, 2.05) is 0 Å². The molecule has 0 aromatic heterocycles. The van der Waals surface area contributed by atoms with Crippen LogP contribution in [0.15, 0.2) is 36.4 Å². The van der Waals surface area contributed by atoms with Crippen LogP contribution in [-0.2, 0) is 16.6 Å². The summed E-state index contributed by atoms with van der Waals surface area (Å²) in [5.41, 5.74) is 6.00. The summed E-state index contributed by atoms with van der Waals surface area (Å²) in [6.45, 7) is 8.66. The highest BCUT2D eigenvalue weighted by molar-refractivity contribution is 5.67. The third kappa shape index (κ3) is 5.68. The fourth-order valence-electron chi connectivity index (χ4n) is 5.30. The van der Waals surface area contributed by atoms with E-state index in [1.54, 1.807) is 0 Å². The lowest BCUT2D eigenvalue weighted by Gasteiger charge is -2.34. The molecule has 2 aromatic carbocycles. The van der Waals surface area contributed by atoms with Gasteiger partial charge in [-0.1, -0.05) is 62.4 Å². The molecule has 3 rings (SSSR count). The molecule has 3 nitrogen and oxygen atoms in total. The Morgan fingerprint density at radius 3 is 2.12 bits per heavy atom. The molecule has 0 amide bonds. The lowest BCUT2D eigenvalue weighted by molar-refractivity contribution is -0.136. The normalized spacial score (nSPS) is 15.5. The smallest absolute Gasteiger partial charge is 0.303 e. The van der Waals surface area contributed by atoms with Crippen LogP contribution in [0.25, 0.3) is 0 Å². The minimum Gasteiger partial charge on any atom is -0.481 e. The van der Waals surface area contributed by atoms with Crippen molar-refractivity contribution in [2.75, 3.05) is 0 Å². The van der Waals surface area contributed by atoms with Crippen LogP contribution in [0.3, 0.4) is 0 Å². The highest BCUT2D eigenvalue weighted by atomic mass is 16.4. The number of carboxylic acid groups (broad SMARTS) is 1. The largest absolute Gasteiger partial charge is 0.481 e. The predicted molar refractivity (Wildman–Crippen MR) is 135 cm³/mol. The van der Waals surface area contributed by atoms with Crippen LogP contribution in [0, 0.1) is 25.7 Å². The van der Waals surface area contributed by atoms with Crippen LogP contribution >= 0.6 is 0 Å². The zero-order valence-corrected chi connectivity index (χ0v) is 20.6. The Bertz CT molecular complexity index is 1040. The van der Waals surface area contributed by atoms with Crippen molar-refractivity contribution in [1.29, 1.82) is 0 Å². The lowest BCUT2D eigenvalue weighted by Crippen LogP contribution is -2.29. The molecule has 2 aromatic rings. The third-order valence-corrected chi connectivity index (χ3v) is 7.60. The average Bonchev–Trinajstić information content (AvgIpc) is 2.79. The zero-order chi connectivity index (χ0) is 24.1. The van der Waals surface area contributed by atoms with Gasteiger partial charge >= 0.3 is 5.97 Å². The molecule has 0 unspecified atom stereocenters. The number of aliphatic hydroxyl groups is 1. The molecule has 1 fully saturated rings. The summed E-state index contributed by atoms with van der Waals surface area (Å²) in [6, 6.07) is 13.1. The molecule has 0 atom stereocenters. The lowest BCUT2D eigenvalue weighted by atomic mass is 9.69. The van der Waals surface area contributed by atoms with Gasteiger partial charge in [0.1, 0.15) is 5.60 Å². The fraction of sp³-hybridized carbons (Fsp3) is 0.500. The fourth-order valence-corrected chi connectivity index (χ4v) is 5.30.